The lowest BCUT2D eigenvalue weighted by atomic mass is 10.2. The van der Waals surface area contributed by atoms with Crippen LogP contribution in [-0.4, -0.2) is 22.9 Å². The molecule has 0 fully saturated rings. The largest absolute Gasteiger partial charge is 0.373 e. The van der Waals surface area contributed by atoms with Gasteiger partial charge in [0, 0.05) is 18.8 Å². The molecule has 2 N–H and O–H groups in total. The van der Waals surface area contributed by atoms with Crippen molar-refractivity contribution in [3.63, 3.8) is 0 Å². The lowest BCUT2D eigenvalue weighted by Crippen LogP contribution is -2.13. The maximum Gasteiger partial charge on any atom is 0.255 e. The highest BCUT2D eigenvalue weighted by molar-refractivity contribution is 6.30. The van der Waals surface area contributed by atoms with Gasteiger partial charge >= 0.3 is 0 Å². The molecule has 0 saturated heterocycles. The summed E-state index contributed by atoms with van der Waals surface area (Å²) in [6.07, 6.45) is 2.41. The van der Waals surface area contributed by atoms with E-state index in [9.17, 15) is 9.18 Å². The number of hydrogen-bond donors (Lipinski definition) is 2. The van der Waals surface area contributed by atoms with Crippen LogP contribution in [0, 0.1) is 5.82 Å². The van der Waals surface area contributed by atoms with Gasteiger partial charge in [0.2, 0.25) is 0 Å². The third kappa shape index (κ3) is 3.17. The zero-order chi connectivity index (χ0) is 13.8. The Morgan fingerprint density at radius 3 is 2.89 bits per heavy atom. The third-order valence-corrected chi connectivity index (χ3v) is 2.53. The highest BCUT2D eigenvalue weighted by atomic mass is 35.5. The molecule has 2 aromatic rings. The Morgan fingerprint density at radius 1 is 1.42 bits per heavy atom. The lowest BCUT2D eigenvalue weighted by Gasteiger charge is -2.07. The second-order valence-electron chi connectivity index (χ2n) is 3.62. The van der Waals surface area contributed by atoms with Crippen LogP contribution in [0.15, 0.2) is 30.6 Å². The summed E-state index contributed by atoms with van der Waals surface area (Å²) in [6, 6.07) is 4.28. The van der Waals surface area contributed by atoms with Crippen molar-refractivity contribution in [3.8, 4) is 0 Å². The Kier molecular flexibility index (Phi) is 3.91. The predicted molar refractivity (Wildman–Crippen MR) is 70.9 cm³/mol. The van der Waals surface area contributed by atoms with Gasteiger partial charge in [-0.25, -0.2) is 9.37 Å². The van der Waals surface area contributed by atoms with Crippen molar-refractivity contribution in [2.45, 2.75) is 0 Å². The van der Waals surface area contributed by atoms with Crippen molar-refractivity contribution < 1.29 is 9.18 Å². The first-order valence-electron chi connectivity index (χ1n) is 5.36. The number of rotatable bonds is 3. The van der Waals surface area contributed by atoms with E-state index in [-0.39, 0.29) is 16.4 Å². The summed E-state index contributed by atoms with van der Waals surface area (Å²) in [5, 5.41) is 5.39. The van der Waals surface area contributed by atoms with Gasteiger partial charge in [-0.2, -0.15) is 0 Å². The SMILES string of the molecule is CNc1cc(C(=O)Nc2ccncc2F)cc(Cl)n1. The van der Waals surface area contributed by atoms with Gasteiger partial charge in [0.1, 0.15) is 11.0 Å². The second-order valence-corrected chi connectivity index (χ2v) is 4.01. The van der Waals surface area contributed by atoms with Gasteiger partial charge in [0.15, 0.2) is 5.82 Å². The van der Waals surface area contributed by atoms with Gasteiger partial charge in [-0.3, -0.25) is 9.78 Å². The molecular formula is C12H10ClFN4O. The average molecular weight is 281 g/mol. The fourth-order valence-corrected chi connectivity index (χ4v) is 1.64. The van der Waals surface area contributed by atoms with Crippen molar-refractivity contribution in [2.24, 2.45) is 0 Å². The molecule has 2 heterocycles. The number of nitrogens with one attached hydrogen (secondary N) is 2. The number of nitrogens with zero attached hydrogens (tertiary/aromatic N) is 2. The first-order valence-corrected chi connectivity index (χ1v) is 5.74. The van der Waals surface area contributed by atoms with Crippen LogP contribution in [0.25, 0.3) is 0 Å². The number of hydrogen-bond acceptors (Lipinski definition) is 4. The average Bonchev–Trinajstić information content (AvgIpc) is 2.40. The summed E-state index contributed by atoms with van der Waals surface area (Å²) < 4.78 is 13.4. The molecule has 19 heavy (non-hydrogen) atoms. The van der Waals surface area contributed by atoms with Crippen LogP contribution in [0.1, 0.15) is 10.4 Å². The Morgan fingerprint density at radius 2 is 2.21 bits per heavy atom. The smallest absolute Gasteiger partial charge is 0.255 e. The molecule has 7 heteroatoms. The fourth-order valence-electron chi connectivity index (χ4n) is 1.43. The molecule has 0 atom stereocenters. The molecule has 1 amide bonds. The lowest BCUT2D eigenvalue weighted by molar-refractivity contribution is 0.102. The van der Waals surface area contributed by atoms with Crippen LogP contribution in [0.3, 0.4) is 0 Å². The Labute approximate surface area is 113 Å². The van der Waals surface area contributed by atoms with Crippen molar-refractivity contribution in [1.82, 2.24) is 9.97 Å². The molecule has 2 rings (SSSR count). The number of carbonyl (C=O) groups excluding carboxylic acids is 1. The molecule has 5 nitrogen and oxygen atoms in total. The molecule has 98 valence electrons. The third-order valence-electron chi connectivity index (χ3n) is 2.33. The van der Waals surface area contributed by atoms with Gasteiger partial charge in [-0.05, 0) is 18.2 Å². The molecule has 0 unspecified atom stereocenters. The highest BCUT2D eigenvalue weighted by Crippen LogP contribution is 2.17. The molecule has 0 aromatic carbocycles. The number of halogens is 2. The van der Waals surface area contributed by atoms with Crippen LogP contribution < -0.4 is 10.6 Å². The van der Waals surface area contributed by atoms with Crippen LogP contribution in [0.5, 0.6) is 0 Å². The van der Waals surface area contributed by atoms with E-state index < -0.39 is 11.7 Å². The van der Waals surface area contributed by atoms with Gasteiger partial charge in [0.05, 0.1) is 11.9 Å². The molecule has 0 aliphatic carbocycles. The van der Waals surface area contributed by atoms with E-state index in [1.165, 1.54) is 24.4 Å². The molecule has 0 spiro atoms. The molecule has 0 radical (unpaired) electrons. The number of aromatic nitrogens is 2. The molecule has 2 aromatic heterocycles. The minimum Gasteiger partial charge on any atom is -0.373 e. The number of carbonyl (C=O) groups is 1. The summed E-state index contributed by atoms with van der Waals surface area (Å²) >= 11 is 5.79. The summed E-state index contributed by atoms with van der Waals surface area (Å²) in [7, 11) is 1.66. The normalized spacial score (nSPS) is 10.1. The topological polar surface area (TPSA) is 66.9 Å². The first kappa shape index (κ1) is 13.2. The predicted octanol–water partition coefficient (Wildman–Crippen LogP) is 2.56. The van der Waals surface area contributed by atoms with E-state index in [0.717, 1.165) is 6.20 Å². The van der Waals surface area contributed by atoms with Gasteiger partial charge < -0.3 is 10.6 Å². The summed E-state index contributed by atoms with van der Waals surface area (Å²) in [5.41, 5.74) is 0.333. The number of pyridine rings is 2. The zero-order valence-corrected chi connectivity index (χ0v) is 10.7. The van der Waals surface area contributed by atoms with Crippen molar-refractivity contribution in [3.05, 3.63) is 47.1 Å². The highest BCUT2D eigenvalue weighted by Gasteiger charge is 2.11. The Hall–Kier alpha value is -2.21. The van der Waals surface area contributed by atoms with Crippen LogP contribution in [0.2, 0.25) is 5.15 Å². The van der Waals surface area contributed by atoms with Crippen LogP contribution in [-0.2, 0) is 0 Å². The molecule has 0 saturated carbocycles. The maximum absolute atomic E-state index is 13.4. The molecule has 0 aliphatic heterocycles. The first-order chi connectivity index (χ1) is 9.10. The number of amides is 1. The van der Waals surface area contributed by atoms with E-state index in [4.69, 9.17) is 11.6 Å². The van der Waals surface area contributed by atoms with E-state index in [1.807, 2.05) is 0 Å². The fraction of sp³-hybridized carbons (Fsp3) is 0.0833. The summed E-state index contributed by atoms with van der Waals surface area (Å²) in [4.78, 5) is 19.5. The number of anilines is 2. The van der Waals surface area contributed by atoms with E-state index in [1.54, 1.807) is 7.05 Å². The van der Waals surface area contributed by atoms with Crippen molar-refractivity contribution in [2.75, 3.05) is 17.7 Å². The minimum atomic E-state index is -0.607. The van der Waals surface area contributed by atoms with Crippen molar-refractivity contribution in [1.29, 1.82) is 0 Å². The molecule has 0 aliphatic rings. The van der Waals surface area contributed by atoms with Gasteiger partial charge in [0.25, 0.3) is 5.91 Å². The van der Waals surface area contributed by atoms with Gasteiger partial charge in [-0.1, -0.05) is 11.6 Å². The zero-order valence-electron chi connectivity index (χ0n) is 9.95. The van der Waals surface area contributed by atoms with Crippen molar-refractivity contribution >= 4 is 29.0 Å². The van der Waals surface area contributed by atoms with E-state index >= 15 is 0 Å². The standard InChI is InChI=1S/C12H10ClFN4O/c1-15-11-5-7(4-10(13)18-11)12(19)17-9-2-3-16-6-8(9)14/h2-6H,1H3,(H,15,18)(H,16,17,19). The minimum absolute atomic E-state index is 0.0546. The monoisotopic (exact) mass is 280 g/mol. The maximum atomic E-state index is 13.4. The van der Waals surface area contributed by atoms with E-state index in [0.29, 0.717) is 5.82 Å². The van der Waals surface area contributed by atoms with Crippen LogP contribution >= 0.6 is 11.6 Å². The molecular weight excluding hydrogens is 271 g/mol. The van der Waals surface area contributed by atoms with Gasteiger partial charge in [-0.15, -0.1) is 0 Å². The summed E-state index contributed by atoms with van der Waals surface area (Å²) in [5.74, 6) is -0.636. The molecule has 0 bridgehead atoms. The Bertz CT molecular complexity index is 620. The summed E-state index contributed by atoms with van der Waals surface area (Å²) in [6.45, 7) is 0. The second kappa shape index (κ2) is 5.62. The van der Waals surface area contributed by atoms with E-state index in [2.05, 4.69) is 20.6 Å². The Balaban J connectivity index is 2.25. The quantitative estimate of drug-likeness (QED) is 0.848. The van der Waals surface area contributed by atoms with Crippen LogP contribution in [0.4, 0.5) is 15.9 Å².